The molecule has 1 unspecified atom stereocenters. The van der Waals surface area contributed by atoms with Crippen molar-refractivity contribution in [3.8, 4) is 11.5 Å². The molecule has 0 spiro atoms. The van der Waals surface area contributed by atoms with E-state index in [1.807, 2.05) is 32.0 Å². The summed E-state index contributed by atoms with van der Waals surface area (Å²) >= 11 is 6.16. The number of fused-ring (bicyclic) bond motifs is 1. The van der Waals surface area contributed by atoms with Gasteiger partial charge in [0.1, 0.15) is 5.75 Å². The molecule has 2 heterocycles. The van der Waals surface area contributed by atoms with E-state index in [0.717, 1.165) is 11.1 Å². The second-order valence-corrected chi connectivity index (χ2v) is 9.18. The Labute approximate surface area is 211 Å². The highest BCUT2D eigenvalue weighted by molar-refractivity contribution is 6.31. The van der Waals surface area contributed by atoms with Gasteiger partial charge >= 0.3 is 0 Å². The van der Waals surface area contributed by atoms with Crippen LogP contribution < -0.4 is 9.64 Å². The van der Waals surface area contributed by atoms with Crippen LogP contribution in [-0.2, 0) is 4.79 Å². The first-order valence-corrected chi connectivity index (χ1v) is 11.5. The molecule has 0 bridgehead atoms. The number of phenolic OH excluding ortho intramolecular Hbond substituents is 1. The highest BCUT2D eigenvalue weighted by Crippen LogP contribution is 2.43. The minimum absolute atomic E-state index is 0.0309. The second-order valence-electron chi connectivity index (χ2n) is 8.74. The molecule has 2 N–H and O–H groups in total. The summed E-state index contributed by atoms with van der Waals surface area (Å²) in [6.45, 7) is 3.80. The van der Waals surface area contributed by atoms with Gasteiger partial charge in [-0.25, -0.2) is 0 Å². The molecule has 4 aromatic rings. The number of carbonyl (C=O) groups is 2. The number of amides is 1. The smallest absolute Gasteiger partial charge is 0.294 e. The summed E-state index contributed by atoms with van der Waals surface area (Å²) in [5, 5.41) is 21.8. The maximum Gasteiger partial charge on any atom is 0.294 e. The molecule has 8 heteroatoms. The first-order valence-electron chi connectivity index (χ1n) is 11.1. The molecule has 0 radical (unpaired) electrons. The lowest BCUT2D eigenvalue weighted by Crippen LogP contribution is -2.31. The first kappa shape index (κ1) is 23.5. The monoisotopic (exact) mass is 503 g/mol. The van der Waals surface area contributed by atoms with Crippen molar-refractivity contribution in [3.05, 3.63) is 99.5 Å². The molecular formula is C28H22ClNO6. The SMILES string of the molecule is COc1cc(Cl)cc2cc(C(=O)C3=C(O)C(=O)N(c4cc(C)cc(C)c4)C3c3ccc(O)cc3)oc12. The number of phenols is 1. The van der Waals surface area contributed by atoms with Crippen LogP contribution in [0.1, 0.15) is 33.3 Å². The van der Waals surface area contributed by atoms with Crippen LogP contribution >= 0.6 is 11.6 Å². The van der Waals surface area contributed by atoms with Gasteiger partial charge in [-0.1, -0.05) is 29.8 Å². The van der Waals surface area contributed by atoms with Crippen LogP contribution in [-0.4, -0.2) is 29.0 Å². The summed E-state index contributed by atoms with van der Waals surface area (Å²) in [5.74, 6) is -1.72. The van der Waals surface area contributed by atoms with E-state index in [9.17, 15) is 19.8 Å². The summed E-state index contributed by atoms with van der Waals surface area (Å²) in [7, 11) is 1.46. The van der Waals surface area contributed by atoms with Crippen LogP contribution in [0.2, 0.25) is 5.02 Å². The van der Waals surface area contributed by atoms with Gasteiger partial charge in [-0.2, -0.15) is 0 Å². The Morgan fingerprint density at radius 3 is 2.31 bits per heavy atom. The van der Waals surface area contributed by atoms with E-state index in [-0.39, 0.29) is 17.1 Å². The number of rotatable bonds is 5. The van der Waals surface area contributed by atoms with Crippen LogP contribution in [0.4, 0.5) is 5.69 Å². The number of carbonyl (C=O) groups excluding carboxylic acids is 2. The summed E-state index contributed by atoms with van der Waals surface area (Å²) in [6.07, 6.45) is 0. The zero-order valence-electron chi connectivity index (χ0n) is 19.7. The fourth-order valence-corrected chi connectivity index (χ4v) is 4.86. The zero-order chi connectivity index (χ0) is 25.7. The van der Waals surface area contributed by atoms with Gasteiger partial charge in [0.05, 0.1) is 18.7 Å². The summed E-state index contributed by atoms with van der Waals surface area (Å²) in [6, 6.07) is 15.5. The van der Waals surface area contributed by atoms with Crippen LogP contribution in [0, 0.1) is 13.8 Å². The summed E-state index contributed by atoms with van der Waals surface area (Å²) in [5.41, 5.74) is 3.09. The molecule has 182 valence electrons. The fraction of sp³-hybridized carbons (Fsp3) is 0.143. The van der Waals surface area contributed by atoms with E-state index < -0.39 is 23.5 Å². The van der Waals surface area contributed by atoms with Gasteiger partial charge in [0.25, 0.3) is 5.91 Å². The zero-order valence-corrected chi connectivity index (χ0v) is 20.5. The molecule has 3 aromatic carbocycles. The number of anilines is 1. The topological polar surface area (TPSA) is 100 Å². The predicted molar refractivity (Wildman–Crippen MR) is 136 cm³/mol. The van der Waals surface area contributed by atoms with Gasteiger partial charge in [0.15, 0.2) is 22.9 Å². The van der Waals surface area contributed by atoms with Crippen molar-refractivity contribution in [2.75, 3.05) is 12.0 Å². The number of aliphatic hydroxyl groups is 1. The third kappa shape index (κ3) is 3.87. The lowest BCUT2D eigenvalue weighted by molar-refractivity contribution is -0.117. The third-order valence-electron chi connectivity index (χ3n) is 6.14. The van der Waals surface area contributed by atoms with E-state index in [4.69, 9.17) is 20.8 Å². The maximum absolute atomic E-state index is 13.8. The fourth-order valence-electron chi connectivity index (χ4n) is 4.65. The molecule has 0 saturated carbocycles. The number of ketones is 1. The number of aliphatic hydroxyl groups excluding tert-OH is 1. The first-order chi connectivity index (χ1) is 17.2. The van der Waals surface area contributed by atoms with Crippen molar-refractivity contribution in [3.63, 3.8) is 0 Å². The largest absolute Gasteiger partial charge is 0.508 e. The highest BCUT2D eigenvalue weighted by Gasteiger charge is 2.45. The molecule has 1 amide bonds. The third-order valence-corrected chi connectivity index (χ3v) is 6.36. The normalized spacial score (nSPS) is 15.7. The molecule has 0 fully saturated rings. The van der Waals surface area contributed by atoms with Crippen LogP contribution in [0.25, 0.3) is 11.0 Å². The number of halogens is 1. The number of ether oxygens (including phenoxy) is 1. The number of nitrogens with zero attached hydrogens (tertiary/aromatic N) is 1. The van der Waals surface area contributed by atoms with Crippen molar-refractivity contribution >= 4 is 39.9 Å². The molecular weight excluding hydrogens is 482 g/mol. The number of Topliss-reactive ketones (excluding diaryl/α,β-unsaturated/α-hetero) is 1. The Hall–Kier alpha value is -4.23. The lowest BCUT2D eigenvalue weighted by Gasteiger charge is -2.27. The van der Waals surface area contributed by atoms with Crippen LogP contribution in [0.3, 0.4) is 0 Å². The van der Waals surface area contributed by atoms with Crippen LogP contribution in [0.15, 0.2) is 76.4 Å². The number of benzene rings is 3. The molecule has 36 heavy (non-hydrogen) atoms. The minimum atomic E-state index is -0.953. The van der Waals surface area contributed by atoms with Crippen molar-refractivity contribution in [1.29, 1.82) is 0 Å². The lowest BCUT2D eigenvalue weighted by atomic mass is 9.94. The number of methoxy groups -OCH3 is 1. The van der Waals surface area contributed by atoms with Crippen LogP contribution in [0.5, 0.6) is 11.5 Å². The molecule has 0 aliphatic carbocycles. The van der Waals surface area contributed by atoms with Crippen molar-refractivity contribution in [2.24, 2.45) is 0 Å². The van der Waals surface area contributed by atoms with Gasteiger partial charge in [-0.3, -0.25) is 14.5 Å². The Morgan fingerprint density at radius 2 is 1.67 bits per heavy atom. The number of aromatic hydroxyl groups is 1. The number of hydrogen-bond donors (Lipinski definition) is 2. The van der Waals surface area contributed by atoms with Gasteiger partial charge in [-0.05, 0) is 66.9 Å². The molecule has 0 saturated heterocycles. The Balaban J connectivity index is 1.68. The number of furan rings is 1. The average Bonchev–Trinajstić information content (AvgIpc) is 3.37. The quantitative estimate of drug-likeness (QED) is 0.314. The van der Waals surface area contributed by atoms with Crippen molar-refractivity contribution in [2.45, 2.75) is 19.9 Å². The summed E-state index contributed by atoms with van der Waals surface area (Å²) < 4.78 is 11.2. The van der Waals surface area contributed by atoms with Crippen molar-refractivity contribution < 1.29 is 29.0 Å². The molecule has 5 rings (SSSR count). The van der Waals surface area contributed by atoms with Gasteiger partial charge in [-0.15, -0.1) is 0 Å². The Morgan fingerprint density at radius 1 is 1.00 bits per heavy atom. The summed E-state index contributed by atoms with van der Waals surface area (Å²) in [4.78, 5) is 28.6. The number of hydrogen-bond acceptors (Lipinski definition) is 6. The van der Waals surface area contributed by atoms with Gasteiger partial charge in [0.2, 0.25) is 5.78 Å². The predicted octanol–water partition coefficient (Wildman–Crippen LogP) is 6.20. The molecule has 7 nitrogen and oxygen atoms in total. The number of aryl methyl sites for hydroxylation is 2. The molecule has 1 aromatic heterocycles. The van der Waals surface area contributed by atoms with E-state index >= 15 is 0 Å². The maximum atomic E-state index is 13.8. The molecule has 1 aliphatic rings. The standard InChI is InChI=1S/C28H22ClNO6/c1-14-8-15(2)10-19(9-14)30-24(16-4-6-20(31)7-5-16)23(26(33)28(30)34)25(32)21-12-17-11-18(29)13-22(35-3)27(17)36-21/h4-13,24,31,33H,1-3H3. The average molecular weight is 504 g/mol. The van der Waals surface area contributed by atoms with E-state index in [1.54, 1.807) is 24.3 Å². The van der Waals surface area contributed by atoms with Gasteiger partial charge in [0, 0.05) is 22.2 Å². The Bertz CT molecular complexity index is 1550. The van der Waals surface area contributed by atoms with E-state index in [1.165, 1.54) is 30.2 Å². The van der Waals surface area contributed by atoms with Gasteiger partial charge < -0.3 is 19.4 Å². The molecule has 1 atom stereocenters. The van der Waals surface area contributed by atoms with Crippen molar-refractivity contribution in [1.82, 2.24) is 0 Å². The highest BCUT2D eigenvalue weighted by atomic mass is 35.5. The Kier molecular flexibility index (Phi) is 5.73. The van der Waals surface area contributed by atoms with E-state index in [2.05, 4.69) is 0 Å². The second kappa shape index (κ2) is 8.77. The minimum Gasteiger partial charge on any atom is -0.508 e. The van der Waals surface area contributed by atoms with E-state index in [0.29, 0.717) is 33.0 Å². The molecule has 1 aliphatic heterocycles.